The van der Waals surface area contributed by atoms with E-state index in [0.29, 0.717) is 5.56 Å². The number of hydrogen-bond donors (Lipinski definition) is 2. The zero-order chi connectivity index (χ0) is 22.3. The van der Waals surface area contributed by atoms with E-state index in [1.165, 1.54) is 12.1 Å². The van der Waals surface area contributed by atoms with E-state index in [-0.39, 0.29) is 28.5 Å². The molecule has 0 saturated heterocycles. The fourth-order valence-electron chi connectivity index (χ4n) is 3.41. The molecule has 1 aliphatic heterocycles. The van der Waals surface area contributed by atoms with Crippen LogP contribution in [0.1, 0.15) is 34.4 Å². The number of alkyl halides is 3. The van der Waals surface area contributed by atoms with Crippen molar-refractivity contribution >= 4 is 44.9 Å². The van der Waals surface area contributed by atoms with Gasteiger partial charge in [0.25, 0.3) is 5.91 Å². The number of aromatic nitrogens is 2. The topological polar surface area (TPSA) is 59.0 Å². The first kappa shape index (κ1) is 21.6. The molecule has 0 radical (unpaired) electrons. The average molecular weight is 518 g/mol. The van der Waals surface area contributed by atoms with Gasteiger partial charge in [-0.3, -0.25) is 4.79 Å². The van der Waals surface area contributed by atoms with Crippen molar-refractivity contribution in [3.8, 4) is 0 Å². The number of carbonyl (C=O) groups is 1. The van der Waals surface area contributed by atoms with Gasteiger partial charge in [0.2, 0.25) is 0 Å². The Bertz CT molecular complexity index is 1130. The molecule has 0 fully saturated rings. The molecule has 11 heteroatoms. The molecule has 1 aliphatic rings. The van der Waals surface area contributed by atoms with Gasteiger partial charge in [0.05, 0.1) is 17.3 Å². The quantitative estimate of drug-likeness (QED) is 0.398. The third-order valence-electron chi connectivity index (χ3n) is 4.93. The van der Waals surface area contributed by atoms with Crippen LogP contribution in [0.2, 0.25) is 5.02 Å². The zero-order valence-electron chi connectivity index (χ0n) is 15.6. The number of rotatable bonds is 3. The van der Waals surface area contributed by atoms with E-state index < -0.39 is 30.0 Å². The molecule has 162 valence electrons. The van der Waals surface area contributed by atoms with E-state index in [1.807, 2.05) is 0 Å². The lowest BCUT2D eigenvalue weighted by molar-refractivity contribution is -0.173. The molecule has 31 heavy (non-hydrogen) atoms. The maximum Gasteiger partial charge on any atom is 0.410 e. The monoisotopic (exact) mass is 516 g/mol. The second kappa shape index (κ2) is 8.16. The van der Waals surface area contributed by atoms with Crippen molar-refractivity contribution in [1.82, 2.24) is 9.78 Å². The van der Waals surface area contributed by atoms with E-state index in [9.17, 15) is 22.4 Å². The summed E-state index contributed by atoms with van der Waals surface area (Å²) in [6.07, 6.45) is -3.79. The van der Waals surface area contributed by atoms with Crippen molar-refractivity contribution in [2.45, 2.75) is 24.7 Å². The number of nitrogens with one attached hydrogen (secondary N) is 2. The van der Waals surface area contributed by atoms with Gasteiger partial charge in [-0.25, -0.2) is 9.07 Å². The number of halogens is 6. The van der Waals surface area contributed by atoms with Gasteiger partial charge in [-0.2, -0.15) is 18.3 Å². The Morgan fingerprint density at radius 2 is 1.94 bits per heavy atom. The summed E-state index contributed by atoms with van der Waals surface area (Å²) >= 11 is 8.94. The lowest BCUT2D eigenvalue weighted by Gasteiger charge is -2.34. The Morgan fingerprint density at radius 3 is 2.58 bits per heavy atom. The molecule has 0 spiro atoms. The van der Waals surface area contributed by atoms with Crippen molar-refractivity contribution < 1.29 is 22.4 Å². The maximum atomic E-state index is 13.8. The SMILES string of the molecule is O=C(Nc1ccc(Cl)c(F)c1)c1cnn2c1N[C@H](c1ccc(Br)cc1)C[C@@H]2C(F)(F)F. The van der Waals surface area contributed by atoms with Crippen LogP contribution in [0.5, 0.6) is 0 Å². The normalized spacial score (nSPS) is 18.3. The van der Waals surface area contributed by atoms with E-state index in [0.717, 1.165) is 21.4 Å². The second-order valence-electron chi connectivity index (χ2n) is 6.98. The predicted molar refractivity (Wildman–Crippen MR) is 112 cm³/mol. The molecule has 0 unspecified atom stereocenters. The molecule has 1 amide bonds. The molecular weight excluding hydrogens is 504 g/mol. The summed E-state index contributed by atoms with van der Waals surface area (Å²) in [5.41, 5.74) is 0.655. The lowest BCUT2D eigenvalue weighted by Crippen LogP contribution is -2.36. The van der Waals surface area contributed by atoms with Gasteiger partial charge < -0.3 is 10.6 Å². The summed E-state index contributed by atoms with van der Waals surface area (Å²) in [6, 6.07) is 7.94. The fraction of sp³-hybridized carbons (Fsp3) is 0.200. The first-order chi connectivity index (χ1) is 14.6. The van der Waals surface area contributed by atoms with E-state index in [2.05, 4.69) is 31.7 Å². The number of anilines is 2. The molecule has 2 atom stereocenters. The van der Waals surface area contributed by atoms with Crippen molar-refractivity contribution in [2.24, 2.45) is 0 Å². The third kappa shape index (κ3) is 4.40. The average Bonchev–Trinajstić information content (AvgIpc) is 3.14. The van der Waals surface area contributed by atoms with Crippen LogP contribution in [-0.4, -0.2) is 21.9 Å². The van der Waals surface area contributed by atoms with Crippen molar-refractivity contribution in [3.63, 3.8) is 0 Å². The zero-order valence-corrected chi connectivity index (χ0v) is 17.9. The first-order valence-corrected chi connectivity index (χ1v) is 10.2. The Labute approximate surface area is 187 Å². The Hall–Kier alpha value is -2.59. The van der Waals surface area contributed by atoms with Crippen molar-refractivity contribution in [2.75, 3.05) is 10.6 Å². The molecule has 5 nitrogen and oxygen atoms in total. The highest BCUT2D eigenvalue weighted by molar-refractivity contribution is 9.10. The molecule has 3 aromatic rings. The van der Waals surface area contributed by atoms with Crippen LogP contribution < -0.4 is 10.6 Å². The highest BCUT2D eigenvalue weighted by Crippen LogP contribution is 2.44. The summed E-state index contributed by atoms with van der Waals surface area (Å²) in [5, 5.41) is 9.15. The molecule has 2 N–H and O–H groups in total. The Morgan fingerprint density at radius 1 is 1.23 bits per heavy atom. The second-order valence-corrected chi connectivity index (χ2v) is 8.30. The molecule has 4 rings (SSSR count). The van der Waals surface area contributed by atoms with Gasteiger partial charge in [-0.15, -0.1) is 0 Å². The number of benzene rings is 2. The van der Waals surface area contributed by atoms with Gasteiger partial charge in [-0.1, -0.05) is 39.7 Å². The van der Waals surface area contributed by atoms with Crippen molar-refractivity contribution in [1.29, 1.82) is 0 Å². The molecule has 2 aromatic carbocycles. The van der Waals surface area contributed by atoms with Crippen LogP contribution in [0.3, 0.4) is 0 Å². The van der Waals surface area contributed by atoms with Crippen LogP contribution in [-0.2, 0) is 0 Å². The molecular formula is C20H14BrClF4N4O. The largest absolute Gasteiger partial charge is 0.410 e. The maximum absolute atomic E-state index is 13.8. The van der Waals surface area contributed by atoms with E-state index in [1.54, 1.807) is 24.3 Å². The van der Waals surface area contributed by atoms with Gasteiger partial charge in [-0.05, 0) is 35.9 Å². The lowest BCUT2D eigenvalue weighted by atomic mass is 9.96. The number of nitrogens with zero attached hydrogens (tertiary/aromatic N) is 2. The predicted octanol–water partition coefficient (Wildman–Crippen LogP) is 6.35. The number of carbonyl (C=O) groups excluding carboxylic acids is 1. The van der Waals surface area contributed by atoms with E-state index >= 15 is 0 Å². The van der Waals surface area contributed by atoms with Crippen LogP contribution in [0.4, 0.5) is 29.1 Å². The fourth-order valence-corrected chi connectivity index (χ4v) is 3.80. The van der Waals surface area contributed by atoms with Crippen LogP contribution >= 0.6 is 27.5 Å². The smallest absolute Gasteiger partial charge is 0.363 e. The number of amides is 1. The minimum absolute atomic E-state index is 0.0616. The van der Waals surface area contributed by atoms with Gasteiger partial charge in [0, 0.05) is 16.6 Å². The summed E-state index contributed by atoms with van der Waals surface area (Å²) in [6.45, 7) is 0. The van der Waals surface area contributed by atoms with Crippen LogP contribution in [0.15, 0.2) is 53.1 Å². The summed E-state index contributed by atoms with van der Waals surface area (Å²) < 4.78 is 56.5. The van der Waals surface area contributed by atoms with Gasteiger partial charge in [0.1, 0.15) is 17.2 Å². The highest BCUT2D eigenvalue weighted by atomic mass is 79.9. The molecule has 0 bridgehead atoms. The minimum atomic E-state index is -4.57. The van der Waals surface area contributed by atoms with E-state index in [4.69, 9.17) is 11.6 Å². The summed E-state index contributed by atoms with van der Waals surface area (Å²) in [5.74, 6) is -1.52. The van der Waals surface area contributed by atoms with Crippen molar-refractivity contribution in [3.05, 3.63) is 75.1 Å². The minimum Gasteiger partial charge on any atom is -0.363 e. The molecule has 1 aromatic heterocycles. The van der Waals surface area contributed by atoms with Gasteiger partial charge >= 0.3 is 6.18 Å². The Kier molecular flexibility index (Phi) is 5.69. The third-order valence-corrected chi connectivity index (χ3v) is 5.77. The molecule has 2 heterocycles. The first-order valence-electron chi connectivity index (χ1n) is 9.06. The summed E-state index contributed by atoms with van der Waals surface area (Å²) in [7, 11) is 0. The van der Waals surface area contributed by atoms with Crippen LogP contribution in [0, 0.1) is 5.82 Å². The van der Waals surface area contributed by atoms with Crippen LogP contribution in [0.25, 0.3) is 0 Å². The van der Waals surface area contributed by atoms with Gasteiger partial charge in [0.15, 0.2) is 6.04 Å². The number of fused-ring (bicyclic) bond motifs is 1. The highest BCUT2D eigenvalue weighted by Gasteiger charge is 2.47. The molecule has 0 saturated carbocycles. The molecule has 0 aliphatic carbocycles. The standard InChI is InChI=1S/C20H14BrClF4N4O/c21-11-3-1-10(2-4-11)16-8-17(20(24,25)26)30-18(29-16)13(9-27-30)19(31)28-12-5-6-14(22)15(23)7-12/h1-7,9,16-17,29H,8H2,(H,28,31)/t16-,17+/m0/s1. The summed E-state index contributed by atoms with van der Waals surface area (Å²) in [4.78, 5) is 12.7. The Balaban J connectivity index is 1.68. The number of hydrogen-bond acceptors (Lipinski definition) is 3.